The van der Waals surface area contributed by atoms with E-state index in [4.69, 9.17) is 14.6 Å². The molecule has 0 N–H and O–H groups in total. The molecule has 0 unspecified atom stereocenters. The van der Waals surface area contributed by atoms with Crippen LogP contribution in [0.1, 0.15) is 34.7 Å². The fourth-order valence-electron chi connectivity index (χ4n) is 3.58. The first kappa shape index (κ1) is 15.4. The molecule has 5 rings (SSSR count). The van der Waals surface area contributed by atoms with E-state index in [0.29, 0.717) is 0 Å². The molecule has 5 nitrogen and oxygen atoms in total. The summed E-state index contributed by atoms with van der Waals surface area (Å²) in [6, 6.07) is 14.3. The van der Waals surface area contributed by atoms with Gasteiger partial charge in [-0.2, -0.15) is 5.10 Å². The molecule has 0 spiro atoms. The fraction of sp³-hybridized carbons (Fsp3) is 0.200. The maximum absolute atomic E-state index is 6.39. The zero-order valence-corrected chi connectivity index (χ0v) is 15.0. The van der Waals surface area contributed by atoms with E-state index in [1.54, 1.807) is 30.8 Å². The molecular weight excluding hydrogens is 346 g/mol. The highest BCUT2D eigenvalue weighted by Crippen LogP contribution is 2.50. The molecule has 0 radical (unpaired) electrons. The SMILES string of the molecule is COc1cccc2c1O[C@@H](c1ccncc1)N1N=C(c3cccs3)C[C@@H]21. The molecule has 2 aliphatic rings. The summed E-state index contributed by atoms with van der Waals surface area (Å²) in [5.41, 5.74) is 3.24. The third-order valence-corrected chi connectivity index (χ3v) is 5.72. The zero-order valence-electron chi connectivity index (χ0n) is 14.2. The summed E-state index contributed by atoms with van der Waals surface area (Å²) in [6.45, 7) is 0. The molecular formula is C20H17N3O2S. The van der Waals surface area contributed by atoms with Crippen molar-refractivity contribution < 1.29 is 9.47 Å². The van der Waals surface area contributed by atoms with E-state index in [9.17, 15) is 0 Å². The van der Waals surface area contributed by atoms with Gasteiger partial charge in [-0.1, -0.05) is 18.2 Å². The molecule has 26 heavy (non-hydrogen) atoms. The van der Waals surface area contributed by atoms with Crippen LogP contribution in [0.2, 0.25) is 0 Å². The third kappa shape index (κ3) is 2.37. The Morgan fingerprint density at radius 2 is 2.04 bits per heavy atom. The second-order valence-electron chi connectivity index (χ2n) is 6.25. The summed E-state index contributed by atoms with van der Waals surface area (Å²) < 4.78 is 11.9. The number of ether oxygens (including phenoxy) is 2. The molecule has 0 saturated heterocycles. The molecule has 0 saturated carbocycles. The average Bonchev–Trinajstić information content (AvgIpc) is 3.37. The van der Waals surface area contributed by atoms with Crippen molar-refractivity contribution in [2.45, 2.75) is 18.7 Å². The van der Waals surface area contributed by atoms with Gasteiger partial charge in [0.05, 0.1) is 23.7 Å². The van der Waals surface area contributed by atoms with Gasteiger partial charge in [0.2, 0.25) is 6.23 Å². The van der Waals surface area contributed by atoms with Gasteiger partial charge in [-0.15, -0.1) is 11.3 Å². The first-order valence-electron chi connectivity index (χ1n) is 8.48. The lowest BCUT2D eigenvalue weighted by Crippen LogP contribution is -2.33. The monoisotopic (exact) mass is 363 g/mol. The summed E-state index contributed by atoms with van der Waals surface area (Å²) in [5.74, 6) is 1.56. The highest BCUT2D eigenvalue weighted by atomic mass is 32.1. The van der Waals surface area contributed by atoms with Crippen LogP contribution in [0, 0.1) is 0 Å². The maximum atomic E-state index is 6.39. The van der Waals surface area contributed by atoms with E-state index in [2.05, 4.69) is 33.6 Å². The molecule has 130 valence electrons. The van der Waals surface area contributed by atoms with E-state index < -0.39 is 0 Å². The highest BCUT2D eigenvalue weighted by molar-refractivity contribution is 7.12. The van der Waals surface area contributed by atoms with Gasteiger partial charge in [0.15, 0.2) is 11.5 Å². The Labute approximate surface area is 155 Å². The number of thiophene rings is 1. The normalized spacial score (nSPS) is 20.8. The van der Waals surface area contributed by atoms with Crippen LogP contribution in [0.3, 0.4) is 0 Å². The molecule has 6 heteroatoms. The van der Waals surface area contributed by atoms with Crippen molar-refractivity contribution >= 4 is 17.0 Å². The van der Waals surface area contributed by atoms with Gasteiger partial charge in [0, 0.05) is 29.9 Å². The third-order valence-electron chi connectivity index (χ3n) is 4.80. The highest BCUT2D eigenvalue weighted by Gasteiger charge is 2.42. The van der Waals surface area contributed by atoms with Crippen LogP contribution >= 0.6 is 11.3 Å². The molecule has 0 amide bonds. The number of benzene rings is 1. The van der Waals surface area contributed by atoms with Gasteiger partial charge in [0.1, 0.15) is 0 Å². The van der Waals surface area contributed by atoms with Gasteiger partial charge >= 0.3 is 0 Å². The van der Waals surface area contributed by atoms with Crippen molar-refractivity contribution in [3.8, 4) is 11.5 Å². The number of rotatable bonds is 3. The molecule has 1 aromatic carbocycles. The van der Waals surface area contributed by atoms with E-state index >= 15 is 0 Å². The van der Waals surface area contributed by atoms with E-state index in [1.165, 1.54) is 4.88 Å². The van der Waals surface area contributed by atoms with E-state index in [-0.39, 0.29) is 12.3 Å². The minimum Gasteiger partial charge on any atom is -0.493 e. The lowest BCUT2D eigenvalue weighted by Gasteiger charge is -2.38. The van der Waals surface area contributed by atoms with Gasteiger partial charge < -0.3 is 9.47 Å². The van der Waals surface area contributed by atoms with Gasteiger partial charge in [-0.25, -0.2) is 5.01 Å². The number of pyridine rings is 1. The Morgan fingerprint density at radius 1 is 1.15 bits per heavy atom. The Hall–Kier alpha value is -2.86. The number of hydrogen-bond donors (Lipinski definition) is 0. The van der Waals surface area contributed by atoms with Crippen molar-refractivity contribution in [1.82, 2.24) is 9.99 Å². The largest absolute Gasteiger partial charge is 0.493 e. The van der Waals surface area contributed by atoms with Gasteiger partial charge in [-0.05, 0) is 29.6 Å². The quantitative estimate of drug-likeness (QED) is 0.692. The lowest BCUT2D eigenvalue weighted by molar-refractivity contribution is -0.0209. The minimum atomic E-state index is -0.302. The molecule has 0 bridgehead atoms. The van der Waals surface area contributed by atoms with Gasteiger partial charge in [0.25, 0.3) is 0 Å². The maximum Gasteiger partial charge on any atom is 0.214 e. The number of hydrogen-bond acceptors (Lipinski definition) is 6. The Bertz CT molecular complexity index is 956. The van der Waals surface area contributed by atoms with Crippen LogP contribution in [0.15, 0.2) is 65.3 Å². The predicted octanol–water partition coefficient (Wildman–Crippen LogP) is 4.39. The zero-order chi connectivity index (χ0) is 17.5. The van der Waals surface area contributed by atoms with Crippen LogP contribution in [0.25, 0.3) is 0 Å². The lowest BCUT2D eigenvalue weighted by atomic mass is 9.97. The number of nitrogens with zero attached hydrogens (tertiary/aromatic N) is 3. The summed E-state index contributed by atoms with van der Waals surface area (Å²) in [5, 5.41) is 9.10. The minimum absolute atomic E-state index is 0.129. The van der Waals surface area contributed by atoms with Crippen molar-refractivity contribution in [3.63, 3.8) is 0 Å². The standard InChI is InChI=1S/C20H17N3O2S/c1-24-17-5-2-4-14-16-12-15(18-6-3-11-26-18)22-23(16)20(25-19(14)17)13-7-9-21-10-8-13/h2-11,16,20H,12H2,1H3/t16-,20-/m0/s1. The van der Waals surface area contributed by atoms with E-state index in [0.717, 1.165) is 34.8 Å². The molecule has 3 aromatic rings. The number of para-hydroxylation sites is 1. The van der Waals surface area contributed by atoms with Crippen LogP contribution in [-0.4, -0.2) is 22.8 Å². The number of hydrazone groups is 1. The van der Waals surface area contributed by atoms with Crippen LogP contribution in [-0.2, 0) is 0 Å². The number of methoxy groups -OCH3 is 1. The Kier molecular flexibility index (Phi) is 3.64. The molecule has 0 fully saturated rings. The van der Waals surface area contributed by atoms with Crippen LogP contribution < -0.4 is 9.47 Å². The molecule has 4 heterocycles. The molecule has 0 aliphatic carbocycles. The Balaban J connectivity index is 1.64. The first-order valence-corrected chi connectivity index (χ1v) is 9.36. The number of fused-ring (bicyclic) bond motifs is 3. The average molecular weight is 363 g/mol. The first-order chi connectivity index (χ1) is 12.8. The van der Waals surface area contributed by atoms with Crippen molar-refractivity contribution in [3.05, 3.63) is 76.2 Å². The van der Waals surface area contributed by atoms with Crippen LogP contribution in [0.4, 0.5) is 0 Å². The molecule has 2 aliphatic heterocycles. The van der Waals surface area contributed by atoms with Crippen molar-refractivity contribution in [2.75, 3.05) is 7.11 Å². The molecule has 2 aromatic heterocycles. The fourth-order valence-corrected chi connectivity index (χ4v) is 4.31. The second kappa shape index (κ2) is 6.14. The van der Waals surface area contributed by atoms with Gasteiger partial charge in [-0.3, -0.25) is 4.98 Å². The van der Waals surface area contributed by atoms with Crippen LogP contribution in [0.5, 0.6) is 11.5 Å². The number of aromatic nitrogens is 1. The molecule has 2 atom stereocenters. The smallest absolute Gasteiger partial charge is 0.214 e. The van der Waals surface area contributed by atoms with Crippen molar-refractivity contribution in [2.24, 2.45) is 5.10 Å². The summed E-state index contributed by atoms with van der Waals surface area (Å²) in [6.07, 6.45) is 4.12. The second-order valence-corrected chi connectivity index (χ2v) is 7.20. The summed E-state index contributed by atoms with van der Waals surface area (Å²) in [4.78, 5) is 5.33. The summed E-state index contributed by atoms with van der Waals surface area (Å²) >= 11 is 1.72. The van der Waals surface area contributed by atoms with Crippen molar-refractivity contribution in [1.29, 1.82) is 0 Å². The van der Waals surface area contributed by atoms with E-state index in [1.807, 2.05) is 24.3 Å². The predicted molar refractivity (Wildman–Crippen MR) is 101 cm³/mol. The summed E-state index contributed by atoms with van der Waals surface area (Å²) in [7, 11) is 1.68. The topological polar surface area (TPSA) is 47.0 Å². The Morgan fingerprint density at radius 3 is 2.81 bits per heavy atom.